The van der Waals surface area contributed by atoms with E-state index in [0.29, 0.717) is 12.3 Å². The molecule has 2 N–H and O–H groups in total. The van der Waals surface area contributed by atoms with Gasteiger partial charge in [0, 0.05) is 31.1 Å². The summed E-state index contributed by atoms with van der Waals surface area (Å²) in [4.78, 5) is 9.42. The van der Waals surface area contributed by atoms with E-state index in [1.807, 2.05) is 0 Å². The summed E-state index contributed by atoms with van der Waals surface area (Å²) < 4.78 is 1.72. The summed E-state index contributed by atoms with van der Waals surface area (Å²) >= 11 is 1.73. The van der Waals surface area contributed by atoms with Crippen molar-refractivity contribution in [3.05, 3.63) is 46.3 Å². The fourth-order valence-electron chi connectivity index (χ4n) is 3.72. The Morgan fingerprint density at radius 1 is 1.29 bits per heavy atom. The van der Waals surface area contributed by atoms with E-state index in [1.54, 1.807) is 22.8 Å². The fraction of sp³-hybridized carbons (Fsp3) is 0.368. The summed E-state index contributed by atoms with van der Waals surface area (Å²) in [5.41, 5.74) is 2.65. The molecule has 4 heterocycles. The van der Waals surface area contributed by atoms with Crippen molar-refractivity contribution in [2.75, 3.05) is 18.4 Å². The van der Waals surface area contributed by atoms with Gasteiger partial charge in [-0.25, -0.2) is 0 Å². The zero-order chi connectivity index (χ0) is 19.1. The summed E-state index contributed by atoms with van der Waals surface area (Å²) in [5.74, 6) is 1.23. The number of aliphatic hydroxyl groups is 1. The van der Waals surface area contributed by atoms with Gasteiger partial charge in [0.1, 0.15) is 10.6 Å². The highest BCUT2D eigenvalue weighted by Gasteiger charge is 2.25. The molecule has 28 heavy (non-hydrogen) atoms. The second-order valence-electron chi connectivity index (χ2n) is 7.21. The number of benzene rings is 1. The lowest BCUT2D eigenvalue weighted by molar-refractivity contribution is 0.208. The third-order valence-electron chi connectivity index (χ3n) is 5.03. The Morgan fingerprint density at radius 3 is 2.96 bits per heavy atom. The highest BCUT2D eigenvalue weighted by molar-refractivity contribution is 7.19. The molecule has 0 unspecified atom stereocenters. The van der Waals surface area contributed by atoms with Gasteiger partial charge in [0.25, 0.3) is 5.78 Å². The summed E-state index contributed by atoms with van der Waals surface area (Å²) in [7, 11) is 0. The van der Waals surface area contributed by atoms with Crippen molar-refractivity contribution < 1.29 is 5.11 Å². The Balaban J connectivity index is 1.53. The molecule has 0 spiro atoms. The van der Waals surface area contributed by atoms with E-state index < -0.39 is 6.10 Å². The highest BCUT2D eigenvalue weighted by atomic mass is 32.1. The van der Waals surface area contributed by atoms with Crippen LogP contribution in [0.1, 0.15) is 22.9 Å². The van der Waals surface area contributed by atoms with Gasteiger partial charge in [-0.3, -0.25) is 4.90 Å². The van der Waals surface area contributed by atoms with Crippen molar-refractivity contribution in [1.29, 1.82) is 0 Å². The minimum absolute atomic E-state index is 0.435. The molecule has 1 aliphatic heterocycles. The van der Waals surface area contributed by atoms with Gasteiger partial charge in [0.05, 0.1) is 11.5 Å². The van der Waals surface area contributed by atoms with Crippen molar-refractivity contribution in [1.82, 2.24) is 29.9 Å². The Labute approximate surface area is 165 Å². The first-order valence-electron chi connectivity index (χ1n) is 9.39. The number of hydrogen-bond donors (Lipinski definition) is 2. The maximum absolute atomic E-state index is 9.68. The standard InChI is InChI=1S/C19H21N7OS/c1-12(27)9-20-17-16-14-7-8-25(10-13-5-3-2-4-6-13)11-15(14)28-18(16)26-19(21-17)22-23-24-26/h2-6,12,27H,7-11H2,1H3,(H,20,21,22,24)/t12-/m1/s1. The van der Waals surface area contributed by atoms with Gasteiger partial charge in [0.2, 0.25) is 0 Å². The van der Waals surface area contributed by atoms with E-state index in [2.05, 4.69) is 61.1 Å². The van der Waals surface area contributed by atoms with Crippen LogP contribution in [-0.2, 0) is 19.5 Å². The van der Waals surface area contributed by atoms with Gasteiger partial charge in [-0.05, 0) is 34.9 Å². The van der Waals surface area contributed by atoms with E-state index in [9.17, 15) is 5.11 Å². The molecule has 1 aliphatic rings. The number of rotatable bonds is 5. The molecule has 8 nitrogen and oxygen atoms in total. The second-order valence-corrected chi connectivity index (χ2v) is 8.29. The molecule has 1 aromatic carbocycles. The second kappa shape index (κ2) is 7.08. The van der Waals surface area contributed by atoms with Crippen molar-refractivity contribution >= 4 is 33.1 Å². The van der Waals surface area contributed by atoms with Crippen LogP contribution in [-0.4, -0.2) is 54.2 Å². The van der Waals surface area contributed by atoms with Gasteiger partial charge in [-0.1, -0.05) is 35.4 Å². The Hall–Kier alpha value is -2.62. The Kier molecular flexibility index (Phi) is 4.42. The topological polar surface area (TPSA) is 91.5 Å². The van der Waals surface area contributed by atoms with Crippen molar-refractivity contribution in [2.45, 2.75) is 32.5 Å². The highest BCUT2D eigenvalue weighted by Crippen LogP contribution is 2.38. The molecular weight excluding hydrogens is 374 g/mol. The van der Waals surface area contributed by atoms with Crippen molar-refractivity contribution in [2.24, 2.45) is 0 Å². The number of fused-ring (bicyclic) bond motifs is 5. The lowest BCUT2D eigenvalue weighted by atomic mass is 10.0. The minimum Gasteiger partial charge on any atom is -0.392 e. The van der Waals surface area contributed by atoms with Gasteiger partial charge < -0.3 is 10.4 Å². The molecule has 0 saturated carbocycles. The molecule has 9 heteroatoms. The minimum atomic E-state index is -0.458. The van der Waals surface area contributed by atoms with Crippen LogP contribution in [0.25, 0.3) is 16.0 Å². The molecule has 1 atom stereocenters. The summed E-state index contributed by atoms with van der Waals surface area (Å²) in [6.07, 6.45) is 0.501. The van der Waals surface area contributed by atoms with Crippen molar-refractivity contribution in [3.63, 3.8) is 0 Å². The number of tetrazole rings is 1. The fourth-order valence-corrected chi connectivity index (χ4v) is 5.06. The zero-order valence-corrected chi connectivity index (χ0v) is 16.4. The number of thiophene rings is 1. The van der Waals surface area contributed by atoms with E-state index in [-0.39, 0.29) is 0 Å². The molecule has 0 bridgehead atoms. The number of hydrogen-bond acceptors (Lipinski definition) is 8. The quantitative estimate of drug-likeness (QED) is 0.535. The maximum atomic E-state index is 9.68. The first-order valence-corrected chi connectivity index (χ1v) is 10.2. The molecule has 144 valence electrons. The van der Waals surface area contributed by atoms with Crippen LogP contribution in [0.15, 0.2) is 30.3 Å². The van der Waals surface area contributed by atoms with Gasteiger partial charge in [-0.15, -0.1) is 11.3 Å². The Bertz CT molecular complexity index is 1120. The average molecular weight is 395 g/mol. The molecule has 0 aliphatic carbocycles. The molecular formula is C19H21N7OS. The SMILES string of the molecule is C[C@@H](O)CNc1nc2nnnn2c2sc3c(c12)CCN(Cc1ccccc1)C3. The lowest BCUT2D eigenvalue weighted by Crippen LogP contribution is -2.29. The normalized spacial score (nSPS) is 15.8. The largest absolute Gasteiger partial charge is 0.392 e. The van der Waals surface area contributed by atoms with Crippen LogP contribution in [0.2, 0.25) is 0 Å². The van der Waals surface area contributed by atoms with Gasteiger partial charge >= 0.3 is 0 Å². The summed E-state index contributed by atoms with van der Waals surface area (Å²) in [6, 6.07) is 10.6. The molecule has 0 fully saturated rings. The van der Waals surface area contributed by atoms with Crippen LogP contribution < -0.4 is 5.32 Å². The number of nitrogens with one attached hydrogen (secondary N) is 1. The number of nitrogens with zero attached hydrogens (tertiary/aromatic N) is 6. The van der Waals surface area contributed by atoms with E-state index in [1.165, 1.54) is 16.0 Å². The monoisotopic (exact) mass is 395 g/mol. The molecule has 3 aromatic heterocycles. The predicted octanol–water partition coefficient (Wildman–Crippen LogP) is 2.08. The number of aromatic nitrogens is 5. The van der Waals surface area contributed by atoms with Crippen LogP contribution in [0.4, 0.5) is 5.82 Å². The first-order chi connectivity index (χ1) is 13.7. The molecule has 0 amide bonds. The third-order valence-corrected chi connectivity index (χ3v) is 6.22. The van der Waals surface area contributed by atoms with E-state index >= 15 is 0 Å². The van der Waals surface area contributed by atoms with Crippen LogP contribution in [0, 0.1) is 0 Å². The molecule has 0 radical (unpaired) electrons. The zero-order valence-electron chi connectivity index (χ0n) is 15.5. The van der Waals surface area contributed by atoms with E-state index in [0.717, 1.165) is 42.1 Å². The first kappa shape index (κ1) is 17.5. The maximum Gasteiger partial charge on any atom is 0.276 e. The Morgan fingerprint density at radius 2 is 2.14 bits per heavy atom. The smallest absolute Gasteiger partial charge is 0.276 e. The molecule has 0 saturated heterocycles. The predicted molar refractivity (Wildman–Crippen MR) is 108 cm³/mol. The van der Waals surface area contributed by atoms with Gasteiger partial charge in [-0.2, -0.15) is 9.50 Å². The summed E-state index contributed by atoms with van der Waals surface area (Å²) in [5, 5.41) is 26.0. The summed E-state index contributed by atoms with van der Waals surface area (Å²) in [6.45, 7) is 5.04. The molecule has 5 rings (SSSR count). The molecule has 4 aromatic rings. The van der Waals surface area contributed by atoms with Crippen molar-refractivity contribution in [3.8, 4) is 0 Å². The lowest BCUT2D eigenvalue weighted by Gasteiger charge is -2.27. The van der Waals surface area contributed by atoms with Crippen LogP contribution >= 0.6 is 11.3 Å². The number of anilines is 1. The number of aliphatic hydroxyl groups excluding tert-OH is 1. The average Bonchev–Trinajstić information content (AvgIpc) is 3.30. The van der Waals surface area contributed by atoms with Crippen LogP contribution in [0.5, 0.6) is 0 Å². The van der Waals surface area contributed by atoms with Gasteiger partial charge in [0.15, 0.2) is 0 Å². The van der Waals surface area contributed by atoms with E-state index in [4.69, 9.17) is 0 Å². The third kappa shape index (κ3) is 3.11. The van der Waals surface area contributed by atoms with Crippen LogP contribution in [0.3, 0.4) is 0 Å².